The fourth-order valence-corrected chi connectivity index (χ4v) is 3.18. The van der Waals surface area contributed by atoms with Crippen LogP contribution in [-0.4, -0.2) is 26.4 Å². The third-order valence-electron chi connectivity index (χ3n) is 4.03. The first-order chi connectivity index (χ1) is 10.3. The Kier molecular flexibility index (Phi) is 3.09. The van der Waals surface area contributed by atoms with Gasteiger partial charge in [0.2, 0.25) is 0 Å². The molecule has 3 heterocycles. The second-order valence-corrected chi connectivity index (χ2v) is 5.92. The van der Waals surface area contributed by atoms with Crippen molar-refractivity contribution in [3.63, 3.8) is 0 Å². The number of aromatic nitrogens is 3. The molecule has 0 saturated carbocycles. The zero-order valence-corrected chi connectivity index (χ0v) is 12.4. The van der Waals surface area contributed by atoms with Gasteiger partial charge in [0, 0.05) is 54.7 Å². The molecule has 4 nitrogen and oxygen atoms in total. The molecule has 1 aliphatic heterocycles. The molecule has 2 aromatic heterocycles. The van der Waals surface area contributed by atoms with Crippen LogP contribution in [-0.2, 0) is 19.5 Å². The first-order valence-electron chi connectivity index (χ1n) is 7.14. The van der Waals surface area contributed by atoms with Crippen molar-refractivity contribution in [2.75, 3.05) is 6.54 Å². The zero-order valence-electron chi connectivity index (χ0n) is 11.6. The summed E-state index contributed by atoms with van der Waals surface area (Å²) in [6.45, 7) is 2.89. The summed E-state index contributed by atoms with van der Waals surface area (Å²) in [5.41, 5.74) is 4.96. The minimum atomic E-state index is 0.581. The number of aromatic amines is 2. The van der Waals surface area contributed by atoms with Gasteiger partial charge in [0.1, 0.15) is 0 Å². The van der Waals surface area contributed by atoms with Crippen molar-refractivity contribution >= 4 is 23.1 Å². The van der Waals surface area contributed by atoms with Crippen molar-refractivity contribution in [3.8, 4) is 0 Å². The van der Waals surface area contributed by atoms with Crippen molar-refractivity contribution in [1.29, 1.82) is 0 Å². The van der Waals surface area contributed by atoms with Gasteiger partial charge in [-0.3, -0.25) is 4.90 Å². The second kappa shape index (κ2) is 5.09. The molecular weight excluding hydrogens is 280 g/mol. The topological polar surface area (TPSA) is 47.7 Å². The predicted octanol–water partition coefficient (Wildman–Crippen LogP) is 3.18. The van der Waals surface area contributed by atoms with Crippen LogP contribution in [0.15, 0.2) is 36.5 Å². The van der Waals surface area contributed by atoms with E-state index >= 15 is 0 Å². The van der Waals surface area contributed by atoms with Crippen molar-refractivity contribution in [1.82, 2.24) is 19.9 Å². The molecule has 106 valence electrons. The highest BCUT2D eigenvalue weighted by Gasteiger charge is 2.17. The average molecular weight is 296 g/mol. The largest absolute Gasteiger partial charge is 0.357 e. The van der Waals surface area contributed by atoms with Gasteiger partial charge in [-0.05, 0) is 29.7 Å². The zero-order chi connectivity index (χ0) is 14.2. The van der Waals surface area contributed by atoms with E-state index in [1.54, 1.807) is 0 Å². The molecule has 5 heteroatoms. The lowest BCUT2D eigenvalue weighted by atomic mass is 10.1. The van der Waals surface area contributed by atoms with E-state index in [0.717, 1.165) is 26.1 Å². The maximum absolute atomic E-state index is 5.08. The van der Waals surface area contributed by atoms with Gasteiger partial charge in [-0.15, -0.1) is 0 Å². The van der Waals surface area contributed by atoms with E-state index in [0.29, 0.717) is 4.77 Å². The molecule has 0 amide bonds. The second-order valence-electron chi connectivity index (χ2n) is 5.53. The van der Waals surface area contributed by atoms with E-state index in [4.69, 9.17) is 12.2 Å². The molecule has 0 unspecified atom stereocenters. The molecule has 0 spiro atoms. The number of H-pyrrole nitrogens is 2. The Hall–Kier alpha value is -1.98. The molecule has 0 radical (unpaired) electrons. The maximum Gasteiger partial charge on any atom is 0.196 e. The quantitative estimate of drug-likeness (QED) is 0.714. The lowest BCUT2D eigenvalue weighted by Crippen LogP contribution is -2.31. The number of fused-ring (bicyclic) bond motifs is 2. The first-order valence-corrected chi connectivity index (χ1v) is 7.55. The van der Waals surface area contributed by atoms with E-state index in [9.17, 15) is 0 Å². The van der Waals surface area contributed by atoms with Gasteiger partial charge in [0.15, 0.2) is 4.77 Å². The Balaban J connectivity index is 1.55. The van der Waals surface area contributed by atoms with Gasteiger partial charge in [-0.25, -0.2) is 4.98 Å². The molecule has 1 aliphatic rings. The highest BCUT2D eigenvalue weighted by atomic mass is 32.1. The Morgan fingerprint density at radius 3 is 3.05 bits per heavy atom. The number of para-hydroxylation sites is 1. The minimum Gasteiger partial charge on any atom is -0.357 e. The van der Waals surface area contributed by atoms with Gasteiger partial charge in [0.05, 0.1) is 0 Å². The fraction of sp³-hybridized carbons (Fsp3) is 0.250. The van der Waals surface area contributed by atoms with Gasteiger partial charge in [0.25, 0.3) is 0 Å². The third-order valence-corrected chi connectivity index (χ3v) is 4.24. The summed E-state index contributed by atoms with van der Waals surface area (Å²) in [6.07, 6.45) is 2.91. The lowest BCUT2D eigenvalue weighted by molar-refractivity contribution is 0.240. The van der Waals surface area contributed by atoms with Crippen LogP contribution >= 0.6 is 12.2 Å². The predicted molar refractivity (Wildman–Crippen MR) is 85.5 cm³/mol. The standard InChI is InChI=1S/C16H16N4S/c21-16-17-8-12-9-20(6-5-15(12)19-16)10-13-7-11-3-1-2-4-14(11)18-13/h1-4,7-8,18H,5-6,9-10H2,(H,17,19,21). The SMILES string of the molecule is S=c1ncc2c([nH]1)CCN(Cc1cc3ccccc3[nH]1)C2. The van der Waals surface area contributed by atoms with Crippen LogP contribution in [0.4, 0.5) is 0 Å². The van der Waals surface area contributed by atoms with Crippen molar-refractivity contribution < 1.29 is 0 Å². The Labute approximate surface area is 127 Å². The van der Waals surface area contributed by atoms with Crippen molar-refractivity contribution in [2.24, 2.45) is 0 Å². The molecule has 3 aromatic rings. The molecular formula is C16H16N4S. The minimum absolute atomic E-state index is 0.581. The summed E-state index contributed by atoms with van der Waals surface area (Å²) in [6, 6.07) is 10.6. The van der Waals surface area contributed by atoms with E-state index in [1.165, 1.54) is 27.9 Å². The number of rotatable bonds is 2. The number of nitrogens with one attached hydrogen (secondary N) is 2. The van der Waals surface area contributed by atoms with Gasteiger partial charge >= 0.3 is 0 Å². The third kappa shape index (κ3) is 2.50. The van der Waals surface area contributed by atoms with Gasteiger partial charge < -0.3 is 9.97 Å². The summed E-state index contributed by atoms with van der Waals surface area (Å²) < 4.78 is 0.581. The van der Waals surface area contributed by atoms with Crippen molar-refractivity contribution in [3.05, 3.63) is 58.3 Å². The van der Waals surface area contributed by atoms with Crippen LogP contribution in [0.2, 0.25) is 0 Å². The Morgan fingerprint density at radius 1 is 1.24 bits per heavy atom. The van der Waals surface area contributed by atoms with Gasteiger partial charge in [-0.1, -0.05) is 18.2 Å². The van der Waals surface area contributed by atoms with Crippen LogP contribution < -0.4 is 0 Å². The monoisotopic (exact) mass is 296 g/mol. The molecule has 1 aromatic carbocycles. The number of hydrogen-bond donors (Lipinski definition) is 2. The van der Waals surface area contributed by atoms with E-state index in [2.05, 4.69) is 50.2 Å². The molecule has 4 rings (SSSR count). The molecule has 0 bridgehead atoms. The molecule has 21 heavy (non-hydrogen) atoms. The number of nitrogens with zero attached hydrogens (tertiary/aromatic N) is 2. The summed E-state index contributed by atoms with van der Waals surface area (Å²) in [5, 5.41) is 1.27. The summed E-state index contributed by atoms with van der Waals surface area (Å²) in [7, 11) is 0. The molecule has 0 atom stereocenters. The summed E-state index contributed by atoms with van der Waals surface area (Å²) in [4.78, 5) is 13.3. The van der Waals surface area contributed by atoms with Gasteiger partial charge in [-0.2, -0.15) is 0 Å². The molecule has 0 fully saturated rings. The van der Waals surface area contributed by atoms with Crippen LogP contribution in [0.3, 0.4) is 0 Å². The van der Waals surface area contributed by atoms with E-state index < -0.39 is 0 Å². The molecule has 0 saturated heterocycles. The molecule has 0 aliphatic carbocycles. The summed E-state index contributed by atoms with van der Waals surface area (Å²) >= 11 is 5.08. The first kappa shape index (κ1) is 12.7. The Morgan fingerprint density at radius 2 is 2.14 bits per heavy atom. The molecule has 2 N–H and O–H groups in total. The number of hydrogen-bond acceptors (Lipinski definition) is 3. The van der Waals surface area contributed by atoms with Crippen LogP contribution in [0.5, 0.6) is 0 Å². The lowest BCUT2D eigenvalue weighted by Gasteiger charge is -2.27. The van der Waals surface area contributed by atoms with Crippen molar-refractivity contribution in [2.45, 2.75) is 19.5 Å². The fourth-order valence-electron chi connectivity index (χ4n) is 3.00. The van der Waals surface area contributed by atoms with Crippen LogP contribution in [0.25, 0.3) is 10.9 Å². The maximum atomic E-state index is 5.08. The van der Waals surface area contributed by atoms with E-state index in [-0.39, 0.29) is 0 Å². The highest BCUT2D eigenvalue weighted by Crippen LogP contribution is 2.20. The summed E-state index contributed by atoms with van der Waals surface area (Å²) in [5.74, 6) is 0. The smallest absolute Gasteiger partial charge is 0.196 e. The van der Waals surface area contributed by atoms with Crippen LogP contribution in [0.1, 0.15) is 17.0 Å². The van der Waals surface area contributed by atoms with E-state index in [1.807, 2.05) is 6.20 Å². The Bertz CT molecular complexity index is 816. The normalized spacial score (nSPS) is 15.2. The highest BCUT2D eigenvalue weighted by molar-refractivity contribution is 7.71. The average Bonchev–Trinajstić information content (AvgIpc) is 2.89. The number of benzene rings is 1. The van der Waals surface area contributed by atoms with Crippen LogP contribution in [0, 0.1) is 4.77 Å².